The first kappa shape index (κ1) is 21.7. The predicted octanol–water partition coefficient (Wildman–Crippen LogP) is 2.54. The maximum absolute atomic E-state index is 12.5. The van der Waals surface area contributed by atoms with E-state index in [1.165, 1.54) is 6.33 Å². The molecule has 0 bridgehead atoms. The Morgan fingerprint density at radius 2 is 1.77 bits per heavy atom. The Bertz CT molecular complexity index is 1040. The van der Waals surface area contributed by atoms with E-state index in [4.69, 9.17) is 4.74 Å². The van der Waals surface area contributed by atoms with E-state index in [1.807, 2.05) is 13.8 Å². The number of hydrogen-bond donors (Lipinski definition) is 1. The van der Waals surface area contributed by atoms with E-state index in [0.717, 1.165) is 5.69 Å². The van der Waals surface area contributed by atoms with Gasteiger partial charge in [-0.25, -0.2) is 14.5 Å². The van der Waals surface area contributed by atoms with Crippen LogP contribution in [0, 0.1) is 0 Å². The van der Waals surface area contributed by atoms with Gasteiger partial charge in [0.05, 0.1) is 11.3 Å². The van der Waals surface area contributed by atoms with Crippen molar-refractivity contribution in [1.29, 1.82) is 0 Å². The van der Waals surface area contributed by atoms with Gasteiger partial charge >= 0.3 is 5.97 Å². The number of ether oxygens (including phenoxy) is 1. The summed E-state index contributed by atoms with van der Waals surface area (Å²) in [5, 5.41) is 6.65. The Morgan fingerprint density at radius 1 is 1.03 bits per heavy atom. The van der Waals surface area contributed by atoms with Gasteiger partial charge in [0.15, 0.2) is 6.61 Å². The topological polar surface area (TPSA) is 106 Å². The molecule has 31 heavy (non-hydrogen) atoms. The first-order valence-corrected chi connectivity index (χ1v) is 9.83. The minimum absolute atomic E-state index is 0.109. The van der Waals surface area contributed by atoms with Gasteiger partial charge in [-0.1, -0.05) is 6.07 Å². The van der Waals surface area contributed by atoms with Gasteiger partial charge in [-0.15, -0.1) is 0 Å². The molecular formula is C22H23N5O4. The molecule has 0 aliphatic heterocycles. The lowest BCUT2D eigenvalue weighted by atomic mass is 10.1. The number of carbonyl (C=O) groups excluding carboxylic acids is 3. The van der Waals surface area contributed by atoms with Gasteiger partial charge in [-0.05, 0) is 56.3 Å². The number of benzene rings is 2. The van der Waals surface area contributed by atoms with Crippen LogP contribution in [-0.2, 0) is 9.53 Å². The minimum atomic E-state index is -0.620. The Morgan fingerprint density at radius 3 is 2.42 bits per heavy atom. The quantitative estimate of drug-likeness (QED) is 0.560. The molecule has 2 aromatic carbocycles. The molecule has 0 fully saturated rings. The van der Waals surface area contributed by atoms with Crippen molar-refractivity contribution >= 4 is 23.5 Å². The van der Waals surface area contributed by atoms with E-state index in [2.05, 4.69) is 15.4 Å². The number of amides is 2. The molecule has 3 rings (SSSR count). The summed E-state index contributed by atoms with van der Waals surface area (Å²) in [6, 6.07) is 13.2. The average molecular weight is 421 g/mol. The van der Waals surface area contributed by atoms with Crippen LogP contribution in [0.4, 0.5) is 5.69 Å². The maximum Gasteiger partial charge on any atom is 0.338 e. The summed E-state index contributed by atoms with van der Waals surface area (Å²) in [4.78, 5) is 42.4. The first-order chi connectivity index (χ1) is 15.0. The molecule has 0 aliphatic rings. The van der Waals surface area contributed by atoms with E-state index in [0.29, 0.717) is 29.9 Å². The molecule has 0 aliphatic carbocycles. The second kappa shape index (κ2) is 10.1. The van der Waals surface area contributed by atoms with Crippen molar-refractivity contribution in [2.75, 3.05) is 25.0 Å². The molecule has 1 aromatic heterocycles. The highest BCUT2D eigenvalue weighted by Gasteiger charge is 2.14. The molecule has 0 radical (unpaired) electrons. The third kappa shape index (κ3) is 5.53. The number of rotatable bonds is 8. The number of carbonyl (C=O) groups is 3. The van der Waals surface area contributed by atoms with Crippen LogP contribution in [0.2, 0.25) is 0 Å². The number of hydrogen-bond acceptors (Lipinski definition) is 6. The molecule has 0 saturated heterocycles. The Hall–Kier alpha value is -4.01. The first-order valence-electron chi connectivity index (χ1n) is 9.83. The van der Waals surface area contributed by atoms with E-state index in [-0.39, 0.29) is 5.91 Å². The summed E-state index contributed by atoms with van der Waals surface area (Å²) >= 11 is 0. The smallest absolute Gasteiger partial charge is 0.338 e. The van der Waals surface area contributed by atoms with Crippen LogP contribution in [0.15, 0.2) is 61.2 Å². The fraction of sp³-hybridized carbons (Fsp3) is 0.227. The molecule has 1 N–H and O–H groups in total. The van der Waals surface area contributed by atoms with Gasteiger partial charge in [0.1, 0.15) is 12.7 Å². The molecule has 1 heterocycles. The summed E-state index contributed by atoms with van der Waals surface area (Å²) in [5.74, 6) is -1.23. The number of aromatic nitrogens is 3. The third-order valence-electron chi connectivity index (χ3n) is 4.56. The number of nitrogens with one attached hydrogen (secondary N) is 1. The second-order valence-corrected chi connectivity index (χ2v) is 6.57. The van der Waals surface area contributed by atoms with Crippen LogP contribution in [0.3, 0.4) is 0 Å². The summed E-state index contributed by atoms with van der Waals surface area (Å²) in [6.07, 6.45) is 2.96. The van der Waals surface area contributed by atoms with E-state index >= 15 is 0 Å². The number of nitrogens with zero attached hydrogens (tertiary/aromatic N) is 4. The molecule has 9 nitrogen and oxygen atoms in total. The van der Waals surface area contributed by atoms with Crippen molar-refractivity contribution in [2.45, 2.75) is 13.8 Å². The van der Waals surface area contributed by atoms with Crippen molar-refractivity contribution in [3.63, 3.8) is 0 Å². The zero-order valence-electron chi connectivity index (χ0n) is 17.3. The molecule has 3 aromatic rings. The highest BCUT2D eigenvalue weighted by Crippen LogP contribution is 2.13. The molecule has 0 spiro atoms. The van der Waals surface area contributed by atoms with Gasteiger partial charge in [0.2, 0.25) is 0 Å². The molecule has 0 atom stereocenters. The van der Waals surface area contributed by atoms with E-state index < -0.39 is 18.5 Å². The van der Waals surface area contributed by atoms with Gasteiger partial charge in [-0.3, -0.25) is 9.59 Å². The average Bonchev–Trinajstić information content (AvgIpc) is 3.33. The van der Waals surface area contributed by atoms with Crippen molar-refractivity contribution in [2.24, 2.45) is 0 Å². The fourth-order valence-electron chi connectivity index (χ4n) is 2.93. The zero-order chi connectivity index (χ0) is 22.2. The molecule has 2 amide bonds. The maximum atomic E-state index is 12.5. The van der Waals surface area contributed by atoms with Gasteiger partial charge in [0.25, 0.3) is 11.8 Å². The van der Waals surface area contributed by atoms with Gasteiger partial charge in [0, 0.05) is 24.3 Å². The Balaban J connectivity index is 1.55. The van der Waals surface area contributed by atoms with Crippen LogP contribution >= 0.6 is 0 Å². The third-order valence-corrected chi connectivity index (χ3v) is 4.56. The lowest BCUT2D eigenvalue weighted by molar-refractivity contribution is -0.119. The summed E-state index contributed by atoms with van der Waals surface area (Å²) < 4.78 is 6.64. The zero-order valence-corrected chi connectivity index (χ0v) is 17.3. The highest BCUT2D eigenvalue weighted by molar-refractivity contribution is 5.98. The van der Waals surface area contributed by atoms with Crippen LogP contribution in [0.25, 0.3) is 5.69 Å². The number of esters is 1. The highest BCUT2D eigenvalue weighted by atomic mass is 16.5. The molecule has 0 saturated carbocycles. The standard InChI is InChI=1S/C22H23N5O4/c1-3-26(4-2)21(29)17-6-5-7-18(12-17)25-20(28)13-31-22(30)16-8-10-19(11-9-16)27-15-23-14-24-27/h5-12,14-15H,3-4,13H2,1-2H3,(H,25,28). The Kier molecular flexibility index (Phi) is 7.10. The lowest BCUT2D eigenvalue weighted by Gasteiger charge is -2.19. The monoisotopic (exact) mass is 421 g/mol. The SMILES string of the molecule is CCN(CC)C(=O)c1cccc(NC(=O)COC(=O)c2ccc(-n3cncn3)cc2)c1. The fourth-order valence-corrected chi connectivity index (χ4v) is 2.93. The minimum Gasteiger partial charge on any atom is -0.452 e. The normalized spacial score (nSPS) is 10.4. The molecule has 160 valence electrons. The predicted molar refractivity (Wildman–Crippen MR) is 114 cm³/mol. The molecule has 9 heteroatoms. The van der Waals surface area contributed by atoms with Crippen LogP contribution in [-0.4, -0.2) is 57.1 Å². The van der Waals surface area contributed by atoms with E-state index in [9.17, 15) is 14.4 Å². The van der Waals surface area contributed by atoms with Crippen molar-refractivity contribution < 1.29 is 19.1 Å². The van der Waals surface area contributed by atoms with E-state index in [1.54, 1.807) is 64.4 Å². The van der Waals surface area contributed by atoms with Crippen LogP contribution in [0.5, 0.6) is 0 Å². The second-order valence-electron chi connectivity index (χ2n) is 6.57. The van der Waals surface area contributed by atoms with Gasteiger partial charge in [-0.2, -0.15) is 5.10 Å². The van der Waals surface area contributed by atoms with Crippen molar-refractivity contribution in [3.05, 3.63) is 72.3 Å². The largest absolute Gasteiger partial charge is 0.452 e. The van der Waals surface area contributed by atoms with Crippen molar-refractivity contribution in [1.82, 2.24) is 19.7 Å². The lowest BCUT2D eigenvalue weighted by Crippen LogP contribution is -2.30. The van der Waals surface area contributed by atoms with Gasteiger partial charge < -0.3 is 15.0 Å². The van der Waals surface area contributed by atoms with Crippen LogP contribution < -0.4 is 5.32 Å². The summed E-state index contributed by atoms with van der Waals surface area (Å²) in [6.45, 7) is 4.56. The summed E-state index contributed by atoms with van der Waals surface area (Å²) in [5.41, 5.74) is 1.98. The summed E-state index contributed by atoms with van der Waals surface area (Å²) in [7, 11) is 0. The Labute approximate surface area is 179 Å². The van der Waals surface area contributed by atoms with Crippen LogP contribution in [0.1, 0.15) is 34.6 Å². The molecule has 0 unspecified atom stereocenters. The number of anilines is 1. The molecular weight excluding hydrogens is 398 g/mol. The van der Waals surface area contributed by atoms with Crippen molar-refractivity contribution in [3.8, 4) is 5.69 Å².